The SMILES string of the molecule is CC.N/C(=C1\NC=Nc2[nH]ccc21)C1CCN(Cc2cc(Br)cs2)CC1. The lowest BCUT2D eigenvalue weighted by Crippen LogP contribution is -2.35. The molecule has 0 unspecified atom stereocenters. The number of aliphatic imine (C=N–C) groups is 1. The maximum absolute atomic E-state index is 6.52. The summed E-state index contributed by atoms with van der Waals surface area (Å²) in [5.41, 5.74) is 9.56. The summed E-state index contributed by atoms with van der Waals surface area (Å²) in [6.07, 6.45) is 5.82. The van der Waals surface area contributed by atoms with Crippen molar-refractivity contribution in [2.75, 3.05) is 13.1 Å². The van der Waals surface area contributed by atoms with Crippen molar-refractivity contribution in [3.05, 3.63) is 44.3 Å². The van der Waals surface area contributed by atoms with Crippen LogP contribution in [0.4, 0.5) is 5.82 Å². The minimum absolute atomic E-state index is 0.424. The number of hydrogen-bond acceptors (Lipinski definition) is 5. The van der Waals surface area contributed by atoms with Crippen molar-refractivity contribution in [3.63, 3.8) is 0 Å². The van der Waals surface area contributed by atoms with Gasteiger partial charge in [0.1, 0.15) is 5.82 Å². The highest BCUT2D eigenvalue weighted by atomic mass is 79.9. The molecule has 2 aliphatic heterocycles. The zero-order valence-corrected chi connectivity index (χ0v) is 17.7. The fraction of sp³-hybridized carbons (Fsp3) is 0.421. The summed E-state index contributed by atoms with van der Waals surface area (Å²) in [5, 5.41) is 5.39. The molecule has 4 heterocycles. The minimum atomic E-state index is 0.424. The van der Waals surface area contributed by atoms with E-state index in [0.717, 1.165) is 55.3 Å². The van der Waals surface area contributed by atoms with Crippen LogP contribution in [0, 0.1) is 5.92 Å². The van der Waals surface area contributed by atoms with Gasteiger partial charge in [0.15, 0.2) is 0 Å². The smallest absolute Gasteiger partial charge is 0.141 e. The molecule has 0 amide bonds. The van der Waals surface area contributed by atoms with Crippen LogP contribution in [-0.4, -0.2) is 29.3 Å². The van der Waals surface area contributed by atoms with Gasteiger partial charge in [0, 0.05) is 44.6 Å². The predicted octanol–water partition coefficient (Wildman–Crippen LogP) is 4.67. The molecular formula is C19H26BrN5S. The number of nitrogens with two attached hydrogens (primary N) is 1. The van der Waals surface area contributed by atoms with Crippen molar-refractivity contribution < 1.29 is 0 Å². The van der Waals surface area contributed by atoms with E-state index >= 15 is 0 Å². The molecule has 7 heteroatoms. The third kappa shape index (κ3) is 4.22. The van der Waals surface area contributed by atoms with Crippen LogP contribution in [0.5, 0.6) is 0 Å². The van der Waals surface area contributed by atoms with Crippen LogP contribution in [0.15, 0.2) is 38.9 Å². The first-order valence-electron chi connectivity index (χ1n) is 9.12. The van der Waals surface area contributed by atoms with E-state index in [1.807, 2.05) is 37.4 Å². The number of H-pyrrole nitrogens is 1. The number of halogens is 1. The number of nitrogens with zero attached hydrogens (tertiary/aromatic N) is 2. The maximum atomic E-state index is 6.52. The first-order chi connectivity index (χ1) is 12.7. The molecule has 0 aliphatic carbocycles. The van der Waals surface area contributed by atoms with Gasteiger partial charge in [-0.25, -0.2) is 4.99 Å². The lowest BCUT2D eigenvalue weighted by Gasteiger charge is -2.32. The molecule has 1 saturated heterocycles. The molecule has 5 nitrogen and oxygen atoms in total. The highest BCUT2D eigenvalue weighted by molar-refractivity contribution is 9.10. The highest BCUT2D eigenvalue weighted by Gasteiger charge is 2.25. The van der Waals surface area contributed by atoms with Crippen LogP contribution < -0.4 is 11.1 Å². The molecule has 0 spiro atoms. The number of thiophene rings is 1. The van der Waals surface area contributed by atoms with Crippen molar-refractivity contribution in [1.29, 1.82) is 0 Å². The molecule has 0 aromatic carbocycles. The van der Waals surface area contributed by atoms with Crippen LogP contribution >= 0.6 is 27.3 Å². The monoisotopic (exact) mass is 435 g/mol. The van der Waals surface area contributed by atoms with E-state index < -0.39 is 0 Å². The van der Waals surface area contributed by atoms with Gasteiger partial charge in [0.05, 0.1) is 12.0 Å². The van der Waals surface area contributed by atoms with Gasteiger partial charge in [-0.15, -0.1) is 11.3 Å². The summed E-state index contributed by atoms with van der Waals surface area (Å²) in [7, 11) is 0. The van der Waals surface area contributed by atoms with Crippen LogP contribution in [0.1, 0.15) is 37.1 Å². The number of rotatable bonds is 3. The Morgan fingerprint density at radius 1 is 1.38 bits per heavy atom. The van der Waals surface area contributed by atoms with Crippen LogP contribution in [-0.2, 0) is 6.54 Å². The molecule has 26 heavy (non-hydrogen) atoms. The number of nitrogens with one attached hydrogen (secondary N) is 2. The average Bonchev–Trinajstić information content (AvgIpc) is 3.32. The Labute approximate surface area is 167 Å². The normalized spacial score (nSPS) is 19.3. The van der Waals surface area contributed by atoms with Crippen LogP contribution in [0.3, 0.4) is 0 Å². The lowest BCUT2D eigenvalue weighted by atomic mass is 9.91. The quantitative estimate of drug-likeness (QED) is 0.655. The molecule has 4 rings (SSSR count). The zero-order valence-electron chi connectivity index (χ0n) is 15.3. The standard InChI is InChI=1S/C17H20BrN5S.C2H6/c18-12-7-13(24-9-12)8-23-5-2-11(3-6-23)15(19)16-14-1-4-20-17(14)22-10-21-16;1-2/h1,4,7,9-11,20H,2-3,5-6,8,19H2,(H,21,22);1-2H3/b16-15-;. The Hall–Kier alpha value is -1.57. The summed E-state index contributed by atoms with van der Waals surface area (Å²) < 4.78 is 1.18. The summed E-state index contributed by atoms with van der Waals surface area (Å²) in [5.74, 6) is 1.31. The first kappa shape index (κ1) is 19.2. The summed E-state index contributed by atoms with van der Waals surface area (Å²) in [6, 6.07) is 4.25. The van der Waals surface area contributed by atoms with Crippen molar-refractivity contribution in [2.45, 2.75) is 33.2 Å². The predicted molar refractivity (Wildman–Crippen MR) is 115 cm³/mol. The minimum Gasteiger partial charge on any atom is -0.400 e. The topological polar surface area (TPSA) is 69.4 Å². The second-order valence-corrected chi connectivity index (χ2v) is 8.17. The van der Waals surface area contributed by atoms with Gasteiger partial charge in [-0.3, -0.25) is 4.90 Å². The van der Waals surface area contributed by atoms with E-state index in [1.54, 1.807) is 6.34 Å². The number of likely N-dealkylation sites (tertiary alicyclic amines) is 1. The number of hydrogen-bond donors (Lipinski definition) is 3. The Morgan fingerprint density at radius 2 is 2.15 bits per heavy atom. The Morgan fingerprint density at radius 3 is 2.85 bits per heavy atom. The van der Waals surface area contributed by atoms with Gasteiger partial charge in [-0.2, -0.15) is 0 Å². The molecule has 2 aromatic heterocycles. The van der Waals surface area contributed by atoms with Gasteiger partial charge in [-0.05, 0) is 54.0 Å². The average molecular weight is 436 g/mol. The molecular weight excluding hydrogens is 410 g/mol. The fourth-order valence-electron chi connectivity index (χ4n) is 3.41. The molecule has 0 atom stereocenters. The molecule has 0 bridgehead atoms. The largest absolute Gasteiger partial charge is 0.400 e. The Bertz CT molecular complexity index is 783. The highest BCUT2D eigenvalue weighted by Crippen LogP contribution is 2.32. The van der Waals surface area contributed by atoms with Crippen molar-refractivity contribution in [2.24, 2.45) is 16.6 Å². The van der Waals surface area contributed by atoms with E-state index in [4.69, 9.17) is 5.73 Å². The van der Waals surface area contributed by atoms with E-state index in [9.17, 15) is 0 Å². The second kappa shape index (κ2) is 8.88. The van der Waals surface area contributed by atoms with Gasteiger partial charge in [0.25, 0.3) is 0 Å². The van der Waals surface area contributed by atoms with Gasteiger partial charge in [-0.1, -0.05) is 13.8 Å². The van der Waals surface area contributed by atoms with Gasteiger partial charge < -0.3 is 16.0 Å². The number of aromatic amines is 1. The Kier molecular flexibility index (Phi) is 6.56. The van der Waals surface area contributed by atoms with Crippen molar-refractivity contribution in [3.8, 4) is 0 Å². The molecule has 2 aromatic rings. The van der Waals surface area contributed by atoms with Crippen LogP contribution in [0.2, 0.25) is 0 Å². The summed E-state index contributed by atoms with van der Waals surface area (Å²) in [4.78, 5) is 11.4. The van der Waals surface area contributed by atoms with E-state index in [0.29, 0.717) is 5.92 Å². The summed E-state index contributed by atoms with van der Waals surface area (Å²) in [6.45, 7) is 7.21. The molecule has 0 radical (unpaired) electrons. The molecule has 4 N–H and O–H groups in total. The zero-order chi connectivity index (χ0) is 18.5. The number of aromatic nitrogens is 1. The molecule has 2 aliphatic rings. The Balaban J connectivity index is 0.000000948. The van der Waals surface area contributed by atoms with Crippen molar-refractivity contribution in [1.82, 2.24) is 15.2 Å². The van der Waals surface area contributed by atoms with Crippen LogP contribution in [0.25, 0.3) is 5.70 Å². The van der Waals surface area contributed by atoms with E-state index in [2.05, 4.69) is 47.6 Å². The fourth-order valence-corrected chi connectivity index (χ4v) is 4.90. The van der Waals surface area contributed by atoms with Gasteiger partial charge in [0.2, 0.25) is 0 Å². The molecule has 140 valence electrons. The maximum Gasteiger partial charge on any atom is 0.141 e. The number of fused-ring (bicyclic) bond motifs is 1. The second-order valence-electron chi connectivity index (χ2n) is 6.25. The van der Waals surface area contributed by atoms with E-state index in [1.165, 1.54) is 9.35 Å². The molecule has 1 fully saturated rings. The first-order valence-corrected chi connectivity index (χ1v) is 10.8. The lowest BCUT2D eigenvalue weighted by molar-refractivity contribution is 0.192. The van der Waals surface area contributed by atoms with Gasteiger partial charge >= 0.3 is 0 Å². The summed E-state index contributed by atoms with van der Waals surface area (Å²) >= 11 is 5.34. The molecule has 0 saturated carbocycles. The number of piperidine rings is 1. The van der Waals surface area contributed by atoms with E-state index in [-0.39, 0.29) is 0 Å². The number of allylic oxidation sites excluding steroid dienone is 1. The third-order valence-corrected chi connectivity index (χ3v) is 6.40. The third-order valence-electron chi connectivity index (χ3n) is 4.71. The van der Waals surface area contributed by atoms with Crippen molar-refractivity contribution >= 4 is 45.1 Å².